The fraction of sp³-hybridized carbons (Fsp3) is 0.778. The van der Waals surface area contributed by atoms with Gasteiger partial charge in [-0.05, 0) is 31.8 Å². The highest BCUT2D eigenvalue weighted by Crippen LogP contribution is 1.99. The number of rotatable bonds is 7. The first kappa shape index (κ1) is 12.5. The van der Waals surface area contributed by atoms with E-state index < -0.39 is 5.97 Å². The largest absolute Gasteiger partial charge is 0.465 e. The van der Waals surface area contributed by atoms with Crippen LogP contribution in [0.5, 0.6) is 0 Å². The van der Waals surface area contributed by atoms with Crippen molar-refractivity contribution in [1.29, 1.82) is 0 Å². The van der Waals surface area contributed by atoms with Gasteiger partial charge in [0.05, 0.1) is 6.61 Å². The number of ketones is 1. The molecule has 0 aliphatic carbocycles. The Labute approximate surface area is 83.2 Å². The van der Waals surface area contributed by atoms with Gasteiger partial charge in [-0.1, -0.05) is 0 Å². The Morgan fingerprint density at radius 2 is 2.00 bits per heavy atom. The summed E-state index contributed by atoms with van der Waals surface area (Å²) >= 11 is 1.78. The summed E-state index contributed by atoms with van der Waals surface area (Å²) in [4.78, 5) is 21.3. The van der Waals surface area contributed by atoms with E-state index >= 15 is 0 Å². The minimum atomic E-state index is -0.406. The fourth-order valence-corrected chi connectivity index (χ4v) is 1.28. The molecule has 0 aliphatic heterocycles. The molecular weight excluding hydrogens is 188 g/mol. The van der Waals surface area contributed by atoms with Crippen LogP contribution in [-0.2, 0) is 14.3 Å². The predicted octanol–water partition coefficient (Wildman–Crippen LogP) is 1.65. The Balaban J connectivity index is 3.22. The van der Waals surface area contributed by atoms with Gasteiger partial charge in [0.15, 0.2) is 0 Å². The zero-order chi connectivity index (χ0) is 10.1. The van der Waals surface area contributed by atoms with Crippen LogP contribution >= 0.6 is 11.8 Å². The summed E-state index contributed by atoms with van der Waals surface area (Å²) in [7, 11) is 0. The summed E-state index contributed by atoms with van der Waals surface area (Å²) in [5.74, 6) is 0.537. The number of hydrogen-bond acceptors (Lipinski definition) is 4. The molecule has 0 aromatic heterocycles. The molecule has 0 aromatic rings. The Morgan fingerprint density at radius 3 is 2.54 bits per heavy atom. The van der Waals surface area contributed by atoms with Gasteiger partial charge in [0.1, 0.15) is 12.2 Å². The van der Waals surface area contributed by atoms with E-state index in [-0.39, 0.29) is 12.2 Å². The van der Waals surface area contributed by atoms with Crippen molar-refractivity contribution in [3.8, 4) is 0 Å². The van der Waals surface area contributed by atoms with Crippen LogP contribution in [0.4, 0.5) is 0 Å². The molecule has 0 bridgehead atoms. The second kappa shape index (κ2) is 8.10. The molecular formula is C9H16O3S. The minimum Gasteiger partial charge on any atom is -0.465 e. The number of ether oxygens (including phenoxy) is 1. The molecule has 76 valence electrons. The van der Waals surface area contributed by atoms with Gasteiger partial charge in [-0.2, -0.15) is 11.8 Å². The van der Waals surface area contributed by atoms with Crippen LogP contribution in [0.3, 0.4) is 0 Å². The number of esters is 1. The van der Waals surface area contributed by atoms with Crippen molar-refractivity contribution in [2.75, 3.05) is 18.6 Å². The van der Waals surface area contributed by atoms with E-state index in [4.69, 9.17) is 4.74 Å². The quantitative estimate of drug-likeness (QED) is 0.359. The zero-order valence-corrected chi connectivity index (χ0v) is 8.99. The number of Topliss-reactive ketones (excluding diaryl/α,β-unsaturated/α-hetero) is 1. The van der Waals surface area contributed by atoms with Gasteiger partial charge in [-0.25, -0.2) is 0 Å². The van der Waals surface area contributed by atoms with Crippen molar-refractivity contribution in [1.82, 2.24) is 0 Å². The zero-order valence-electron chi connectivity index (χ0n) is 8.17. The molecule has 0 radical (unpaired) electrons. The predicted molar refractivity (Wildman–Crippen MR) is 53.9 cm³/mol. The molecule has 0 amide bonds. The van der Waals surface area contributed by atoms with Crippen LogP contribution in [0.25, 0.3) is 0 Å². The molecule has 0 saturated carbocycles. The van der Waals surface area contributed by atoms with Gasteiger partial charge in [0, 0.05) is 0 Å². The van der Waals surface area contributed by atoms with Crippen LogP contribution in [0, 0.1) is 0 Å². The fourth-order valence-electron chi connectivity index (χ4n) is 0.789. The lowest BCUT2D eigenvalue weighted by Crippen LogP contribution is -2.09. The molecule has 3 nitrogen and oxygen atoms in total. The summed E-state index contributed by atoms with van der Waals surface area (Å²) in [6.45, 7) is 1.82. The first-order valence-corrected chi connectivity index (χ1v) is 5.70. The highest BCUT2D eigenvalue weighted by atomic mass is 32.2. The van der Waals surface area contributed by atoms with Crippen LogP contribution in [0.1, 0.15) is 26.2 Å². The van der Waals surface area contributed by atoms with E-state index in [0.29, 0.717) is 6.61 Å². The molecule has 0 rings (SSSR count). The Bertz CT molecular complexity index is 168. The van der Waals surface area contributed by atoms with E-state index in [2.05, 4.69) is 0 Å². The van der Waals surface area contributed by atoms with Crippen LogP contribution in [0.2, 0.25) is 0 Å². The average molecular weight is 204 g/mol. The molecule has 0 aromatic carbocycles. The second-order valence-electron chi connectivity index (χ2n) is 2.80. The Hall–Kier alpha value is -0.510. The van der Waals surface area contributed by atoms with Crippen LogP contribution in [-0.4, -0.2) is 30.4 Å². The average Bonchev–Trinajstić information content (AvgIpc) is 2.02. The van der Waals surface area contributed by atoms with Crippen molar-refractivity contribution in [2.45, 2.75) is 26.2 Å². The normalized spacial score (nSPS) is 9.69. The van der Waals surface area contributed by atoms with Crippen LogP contribution in [0.15, 0.2) is 0 Å². The number of hydrogen-bond donors (Lipinski definition) is 0. The SMILES string of the molecule is CSCCCCOC(=O)CC(C)=O. The number of thioether (sulfide) groups is 1. The summed E-state index contributed by atoms with van der Waals surface area (Å²) in [6.07, 6.45) is 3.88. The van der Waals surface area contributed by atoms with Crippen molar-refractivity contribution >= 4 is 23.5 Å². The Kier molecular flexibility index (Phi) is 7.79. The molecule has 4 heteroatoms. The molecule has 0 N–H and O–H groups in total. The van der Waals surface area contributed by atoms with Gasteiger partial charge in [-0.15, -0.1) is 0 Å². The molecule has 13 heavy (non-hydrogen) atoms. The van der Waals surface area contributed by atoms with Gasteiger partial charge in [0.2, 0.25) is 0 Å². The third kappa shape index (κ3) is 9.40. The van der Waals surface area contributed by atoms with E-state index in [9.17, 15) is 9.59 Å². The number of carbonyl (C=O) groups excluding carboxylic acids is 2. The molecule has 0 heterocycles. The number of carbonyl (C=O) groups is 2. The first-order valence-electron chi connectivity index (χ1n) is 4.31. The lowest BCUT2D eigenvalue weighted by Gasteiger charge is -2.02. The lowest BCUT2D eigenvalue weighted by molar-refractivity contribution is -0.145. The van der Waals surface area contributed by atoms with E-state index in [0.717, 1.165) is 18.6 Å². The molecule has 0 unspecified atom stereocenters. The summed E-state index contributed by atoms with van der Waals surface area (Å²) in [5.41, 5.74) is 0. The van der Waals surface area contributed by atoms with E-state index in [1.54, 1.807) is 11.8 Å². The van der Waals surface area contributed by atoms with Crippen molar-refractivity contribution in [2.24, 2.45) is 0 Å². The maximum absolute atomic E-state index is 10.8. The maximum Gasteiger partial charge on any atom is 0.313 e. The summed E-state index contributed by atoms with van der Waals surface area (Å²) < 4.78 is 4.83. The molecule has 0 saturated heterocycles. The third-order valence-electron chi connectivity index (χ3n) is 1.40. The second-order valence-corrected chi connectivity index (χ2v) is 3.78. The minimum absolute atomic E-state index is 0.0947. The monoisotopic (exact) mass is 204 g/mol. The number of unbranched alkanes of at least 4 members (excludes halogenated alkanes) is 1. The van der Waals surface area contributed by atoms with Crippen molar-refractivity contribution in [3.63, 3.8) is 0 Å². The van der Waals surface area contributed by atoms with E-state index in [1.807, 2.05) is 6.26 Å². The summed E-state index contributed by atoms with van der Waals surface area (Å²) in [6, 6.07) is 0. The van der Waals surface area contributed by atoms with Gasteiger partial charge in [0.25, 0.3) is 0 Å². The highest BCUT2D eigenvalue weighted by Gasteiger charge is 2.05. The Morgan fingerprint density at radius 1 is 1.31 bits per heavy atom. The summed E-state index contributed by atoms with van der Waals surface area (Å²) in [5, 5.41) is 0. The lowest BCUT2D eigenvalue weighted by atomic mass is 10.3. The maximum atomic E-state index is 10.8. The standard InChI is InChI=1S/C9H16O3S/c1-8(10)7-9(11)12-5-3-4-6-13-2/h3-7H2,1-2H3. The van der Waals surface area contributed by atoms with Crippen molar-refractivity contribution in [3.05, 3.63) is 0 Å². The highest BCUT2D eigenvalue weighted by molar-refractivity contribution is 7.98. The van der Waals surface area contributed by atoms with Gasteiger partial charge in [-0.3, -0.25) is 9.59 Å². The molecule has 0 aliphatic rings. The van der Waals surface area contributed by atoms with Gasteiger partial charge >= 0.3 is 5.97 Å². The van der Waals surface area contributed by atoms with Crippen LogP contribution < -0.4 is 0 Å². The van der Waals surface area contributed by atoms with Gasteiger partial charge < -0.3 is 4.74 Å². The third-order valence-corrected chi connectivity index (χ3v) is 2.10. The molecule has 0 fully saturated rings. The topological polar surface area (TPSA) is 43.4 Å². The first-order chi connectivity index (χ1) is 6.16. The smallest absolute Gasteiger partial charge is 0.313 e. The van der Waals surface area contributed by atoms with Crippen molar-refractivity contribution < 1.29 is 14.3 Å². The molecule has 0 spiro atoms. The van der Waals surface area contributed by atoms with E-state index in [1.165, 1.54) is 6.92 Å². The molecule has 0 atom stereocenters.